The summed E-state index contributed by atoms with van der Waals surface area (Å²) in [5, 5.41) is 0.803. The maximum absolute atomic E-state index is 13.1. The minimum absolute atomic E-state index is 0.0348. The number of anilines is 1. The fourth-order valence-corrected chi connectivity index (χ4v) is 3.98. The van der Waals surface area contributed by atoms with Crippen LogP contribution < -0.4 is 10.5 Å². The lowest BCUT2D eigenvalue weighted by Gasteiger charge is -2.37. The number of aryl methyl sites for hydroxylation is 1. The number of carbonyl (C=O) groups is 2. The third-order valence-corrected chi connectivity index (χ3v) is 5.52. The Labute approximate surface area is 179 Å². The van der Waals surface area contributed by atoms with Gasteiger partial charge in [-0.05, 0) is 25.1 Å². The zero-order valence-corrected chi connectivity index (χ0v) is 17.6. The van der Waals surface area contributed by atoms with Crippen molar-refractivity contribution in [3.63, 3.8) is 0 Å². The maximum Gasteiger partial charge on any atom is 0.345 e. The molecule has 3 aromatic rings. The lowest BCUT2D eigenvalue weighted by molar-refractivity contribution is 0.0523. The Morgan fingerprint density at radius 2 is 1.74 bits per heavy atom. The highest BCUT2D eigenvalue weighted by Gasteiger charge is 2.29. The molecule has 3 heterocycles. The molecule has 1 saturated heterocycles. The predicted molar refractivity (Wildman–Crippen MR) is 117 cm³/mol. The summed E-state index contributed by atoms with van der Waals surface area (Å²) in [5.74, 6) is -0.754. The van der Waals surface area contributed by atoms with Gasteiger partial charge < -0.3 is 19.1 Å². The van der Waals surface area contributed by atoms with Gasteiger partial charge in [-0.2, -0.15) is 0 Å². The first-order chi connectivity index (χ1) is 15.0. The van der Waals surface area contributed by atoms with Crippen LogP contribution in [0.25, 0.3) is 10.9 Å². The number of nitrogens with zero attached hydrogens (tertiary/aromatic N) is 4. The van der Waals surface area contributed by atoms with Crippen molar-refractivity contribution < 1.29 is 14.3 Å². The first-order valence-corrected chi connectivity index (χ1v) is 10.3. The SMILES string of the molecule is CCOC(=O)c1c(N2CCN(C(=O)c3ccccn3)CC2)c2ccccc2n(C)c1=O. The fourth-order valence-electron chi connectivity index (χ4n) is 3.98. The molecular formula is C23H24N4O4. The molecule has 31 heavy (non-hydrogen) atoms. The van der Waals surface area contributed by atoms with Crippen molar-refractivity contribution in [2.45, 2.75) is 6.92 Å². The average molecular weight is 420 g/mol. The van der Waals surface area contributed by atoms with Crippen molar-refractivity contribution in [2.75, 3.05) is 37.7 Å². The minimum Gasteiger partial charge on any atom is -0.462 e. The highest BCUT2D eigenvalue weighted by Crippen LogP contribution is 2.30. The molecule has 0 saturated carbocycles. The Morgan fingerprint density at radius 3 is 2.42 bits per heavy atom. The number of piperazine rings is 1. The molecule has 0 N–H and O–H groups in total. The molecule has 0 unspecified atom stereocenters. The fraction of sp³-hybridized carbons (Fsp3) is 0.304. The molecule has 0 atom stereocenters. The second-order valence-corrected chi connectivity index (χ2v) is 7.32. The van der Waals surface area contributed by atoms with Crippen LogP contribution in [0.2, 0.25) is 0 Å². The Bertz CT molecular complexity index is 1180. The second-order valence-electron chi connectivity index (χ2n) is 7.32. The number of rotatable bonds is 4. The number of fused-ring (bicyclic) bond motifs is 1. The van der Waals surface area contributed by atoms with E-state index < -0.39 is 5.97 Å². The first-order valence-electron chi connectivity index (χ1n) is 10.3. The van der Waals surface area contributed by atoms with Crippen LogP contribution in [0.4, 0.5) is 5.69 Å². The highest BCUT2D eigenvalue weighted by atomic mass is 16.5. The summed E-state index contributed by atoms with van der Waals surface area (Å²) in [6.07, 6.45) is 1.60. The number of esters is 1. The zero-order valence-electron chi connectivity index (χ0n) is 17.6. The summed E-state index contributed by atoms with van der Waals surface area (Å²) in [6, 6.07) is 12.8. The third-order valence-electron chi connectivity index (χ3n) is 5.52. The lowest BCUT2D eigenvalue weighted by atomic mass is 10.1. The molecule has 4 rings (SSSR count). The Hall–Kier alpha value is -3.68. The van der Waals surface area contributed by atoms with Gasteiger partial charge in [0.05, 0.1) is 17.8 Å². The molecule has 1 aromatic carbocycles. The maximum atomic E-state index is 13.1. The molecule has 2 aromatic heterocycles. The van der Waals surface area contributed by atoms with E-state index in [1.807, 2.05) is 29.2 Å². The van der Waals surface area contributed by atoms with Crippen LogP contribution >= 0.6 is 0 Å². The first kappa shape index (κ1) is 20.6. The van der Waals surface area contributed by atoms with Gasteiger partial charge in [0.25, 0.3) is 11.5 Å². The van der Waals surface area contributed by atoms with E-state index in [2.05, 4.69) is 4.98 Å². The van der Waals surface area contributed by atoms with Crippen LogP contribution in [0.3, 0.4) is 0 Å². The van der Waals surface area contributed by atoms with E-state index in [4.69, 9.17) is 4.74 Å². The Morgan fingerprint density at radius 1 is 1.03 bits per heavy atom. The molecule has 8 nitrogen and oxygen atoms in total. The van der Waals surface area contributed by atoms with Crippen LogP contribution in [-0.2, 0) is 11.8 Å². The quantitative estimate of drug-likeness (QED) is 0.601. The minimum atomic E-state index is -0.629. The molecule has 160 valence electrons. The number of benzene rings is 1. The standard InChI is InChI=1S/C23H24N4O4/c1-3-31-23(30)19-20(16-8-4-5-10-18(16)25(2)22(19)29)26-12-14-27(15-13-26)21(28)17-9-6-7-11-24-17/h4-11H,3,12-15H2,1-2H3. The molecule has 0 bridgehead atoms. The number of ether oxygens (including phenoxy) is 1. The van der Waals surface area contributed by atoms with Gasteiger partial charge in [-0.3, -0.25) is 14.6 Å². The largest absolute Gasteiger partial charge is 0.462 e. The van der Waals surface area contributed by atoms with E-state index in [1.54, 1.807) is 43.3 Å². The summed E-state index contributed by atoms with van der Waals surface area (Å²) in [6.45, 7) is 3.79. The number of carbonyl (C=O) groups excluding carboxylic acids is 2. The van der Waals surface area contributed by atoms with Gasteiger partial charge in [-0.15, -0.1) is 0 Å². The van der Waals surface area contributed by atoms with Crippen molar-refractivity contribution >= 4 is 28.5 Å². The molecule has 1 fully saturated rings. The third kappa shape index (κ3) is 3.76. The smallest absolute Gasteiger partial charge is 0.345 e. The van der Waals surface area contributed by atoms with Crippen molar-refractivity contribution in [3.05, 3.63) is 70.3 Å². The van der Waals surface area contributed by atoms with Gasteiger partial charge in [0.1, 0.15) is 11.3 Å². The number of amides is 1. The number of para-hydroxylation sites is 1. The van der Waals surface area contributed by atoms with Gasteiger partial charge in [0.15, 0.2) is 0 Å². The van der Waals surface area contributed by atoms with E-state index in [-0.39, 0.29) is 23.6 Å². The van der Waals surface area contributed by atoms with Gasteiger partial charge in [0, 0.05) is 44.8 Å². The molecular weight excluding hydrogens is 396 g/mol. The average Bonchev–Trinajstić information content (AvgIpc) is 2.81. The van der Waals surface area contributed by atoms with Crippen molar-refractivity contribution in [1.82, 2.24) is 14.5 Å². The van der Waals surface area contributed by atoms with Gasteiger partial charge in [-0.1, -0.05) is 24.3 Å². The van der Waals surface area contributed by atoms with Crippen LogP contribution in [0, 0.1) is 0 Å². The van der Waals surface area contributed by atoms with E-state index in [9.17, 15) is 14.4 Å². The highest BCUT2D eigenvalue weighted by molar-refractivity contribution is 6.05. The number of pyridine rings is 2. The van der Waals surface area contributed by atoms with Gasteiger partial charge >= 0.3 is 5.97 Å². The summed E-state index contributed by atoms with van der Waals surface area (Å²) in [7, 11) is 1.65. The van der Waals surface area contributed by atoms with Crippen LogP contribution in [0.5, 0.6) is 0 Å². The molecule has 1 aliphatic heterocycles. The number of hydrogen-bond acceptors (Lipinski definition) is 6. The Kier molecular flexibility index (Phi) is 5.70. The van der Waals surface area contributed by atoms with Crippen molar-refractivity contribution in [1.29, 1.82) is 0 Å². The van der Waals surface area contributed by atoms with E-state index in [0.717, 1.165) is 10.9 Å². The number of hydrogen-bond donors (Lipinski definition) is 0. The van der Waals surface area contributed by atoms with Crippen LogP contribution in [-0.4, -0.2) is 59.1 Å². The van der Waals surface area contributed by atoms with Crippen LogP contribution in [0.1, 0.15) is 27.8 Å². The van der Waals surface area contributed by atoms with E-state index in [1.165, 1.54) is 4.57 Å². The molecule has 1 amide bonds. The topological polar surface area (TPSA) is 84.7 Å². The summed E-state index contributed by atoms with van der Waals surface area (Å²) >= 11 is 0. The molecule has 0 aliphatic carbocycles. The lowest BCUT2D eigenvalue weighted by Crippen LogP contribution is -2.50. The van der Waals surface area contributed by atoms with E-state index >= 15 is 0 Å². The van der Waals surface area contributed by atoms with E-state index in [0.29, 0.717) is 37.6 Å². The van der Waals surface area contributed by atoms with Crippen molar-refractivity contribution in [2.24, 2.45) is 7.05 Å². The molecule has 1 aliphatic rings. The van der Waals surface area contributed by atoms with Gasteiger partial charge in [-0.25, -0.2) is 4.79 Å². The normalized spacial score (nSPS) is 14.0. The van der Waals surface area contributed by atoms with Gasteiger partial charge in [0.2, 0.25) is 0 Å². The second kappa shape index (κ2) is 8.59. The Balaban J connectivity index is 1.71. The monoisotopic (exact) mass is 420 g/mol. The summed E-state index contributed by atoms with van der Waals surface area (Å²) < 4.78 is 6.69. The van der Waals surface area contributed by atoms with Crippen molar-refractivity contribution in [3.8, 4) is 0 Å². The molecule has 8 heteroatoms. The number of aromatic nitrogens is 2. The predicted octanol–water partition coefficient (Wildman–Crippen LogP) is 2.07. The zero-order chi connectivity index (χ0) is 22.0. The molecule has 0 spiro atoms. The summed E-state index contributed by atoms with van der Waals surface area (Å²) in [4.78, 5) is 46.4. The molecule has 0 radical (unpaired) electrons. The van der Waals surface area contributed by atoms with Crippen LogP contribution in [0.15, 0.2) is 53.5 Å². The summed E-state index contributed by atoms with van der Waals surface area (Å²) in [5.41, 5.74) is 1.36.